The summed E-state index contributed by atoms with van der Waals surface area (Å²) in [5.41, 5.74) is 0.306. The lowest BCUT2D eigenvalue weighted by Gasteiger charge is -2.33. The Morgan fingerprint density at radius 3 is 2.28 bits per heavy atom. The van der Waals surface area contributed by atoms with E-state index in [1.807, 2.05) is 0 Å². The summed E-state index contributed by atoms with van der Waals surface area (Å²) in [4.78, 5) is 35.4. The zero-order valence-electron chi connectivity index (χ0n) is 8.89. The van der Waals surface area contributed by atoms with Gasteiger partial charge in [-0.1, -0.05) is 6.08 Å². The van der Waals surface area contributed by atoms with Gasteiger partial charge in [0.2, 0.25) is 4.90 Å². The predicted octanol–water partition coefficient (Wildman–Crippen LogP) is 0.279. The molecule has 1 heterocycles. The molecule has 7 nitrogen and oxygen atoms in total. The van der Waals surface area contributed by atoms with E-state index < -0.39 is 20.1 Å². The molecule has 0 fully saturated rings. The van der Waals surface area contributed by atoms with E-state index in [2.05, 4.69) is 17.9 Å². The molecule has 0 unspecified atom stereocenters. The molecule has 0 atom stereocenters. The number of allylic oxidation sites excluding steroid dienone is 3. The quantitative estimate of drug-likeness (QED) is 0.319. The molecule has 0 saturated carbocycles. The van der Waals surface area contributed by atoms with Crippen LogP contribution in [-0.2, 0) is 9.13 Å². The largest absolute Gasteiger partial charge is 0.386 e. The molecule has 0 amide bonds. The summed E-state index contributed by atoms with van der Waals surface area (Å²) < 4.78 is 23.2. The van der Waals surface area contributed by atoms with Crippen LogP contribution in [-0.4, -0.2) is 31.0 Å². The van der Waals surface area contributed by atoms with Crippen LogP contribution in [0.5, 0.6) is 0 Å². The summed E-state index contributed by atoms with van der Waals surface area (Å²) in [5.74, 6) is 0. The molecular formula is C8H11NO6P2S. The van der Waals surface area contributed by atoms with Crippen molar-refractivity contribution in [1.29, 1.82) is 0 Å². The molecule has 2 rings (SSSR count). The molecule has 0 spiro atoms. The van der Waals surface area contributed by atoms with Gasteiger partial charge in [-0.15, -0.1) is 12.6 Å². The fourth-order valence-electron chi connectivity index (χ4n) is 2.11. The molecule has 0 aromatic heterocycles. The van der Waals surface area contributed by atoms with Crippen molar-refractivity contribution in [3.05, 3.63) is 34.4 Å². The van der Waals surface area contributed by atoms with Crippen LogP contribution in [0.1, 0.15) is 0 Å². The topological polar surface area (TPSA) is 127 Å². The van der Waals surface area contributed by atoms with Crippen LogP contribution in [0, 0.1) is 0 Å². The second kappa shape index (κ2) is 4.08. The molecule has 0 aromatic rings. The average Bonchev–Trinajstić information content (AvgIpc) is 2.57. The van der Waals surface area contributed by atoms with Gasteiger partial charge in [0.15, 0.2) is 0 Å². The van der Waals surface area contributed by atoms with Gasteiger partial charge >= 0.3 is 15.2 Å². The lowest BCUT2D eigenvalue weighted by Crippen LogP contribution is -2.33. The van der Waals surface area contributed by atoms with Gasteiger partial charge in [0.05, 0.1) is 0 Å². The number of dihydropyridines is 1. The van der Waals surface area contributed by atoms with Gasteiger partial charge in [-0.05, 0) is 17.2 Å². The Labute approximate surface area is 108 Å². The molecule has 0 bridgehead atoms. The third-order valence-corrected chi connectivity index (χ3v) is 7.48. The van der Waals surface area contributed by atoms with Crippen LogP contribution in [0.2, 0.25) is 0 Å². The van der Waals surface area contributed by atoms with Crippen molar-refractivity contribution >= 4 is 27.8 Å². The second-order valence-electron chi connectivity index (χ2n) is 3.95. The van der Waals surface area contributed by atoms with Gasteiger partial charge in [-0.25, -0.2) is 0 Å². The molecular weight excluding hydrogens is 300 g/mol. The number of rotatable bonds is 2. The monoisotopic (exact) mass is 311 g/mol. The zero-order chi connectivity index (χ0) is 13.8. The Hall–Kier alpha value is -0.330. The normalized spacial score (nSPS) is 22.6. The van der Waals surface area contributed by atoms with Crippen molar-refractivity contribution in [2.45, 2.75) is 4.90 Å². The maximum Gasteiger partial charge on any atom is 0.351 e. The van der Waals surface area contributed by atoms with Crippen LogP contribution in [0.15, 0.2) is 34.4 Å². The van der Waals surface area contributed by atoms with Crippen molar-refractivity contribution in [1.82, 2.24) is 5.32 Å². The molecule has 18 heavy (non-hydrogen) atoms. The van der Waals surface area contributed by atoms with E-state index in [9.17, 15) is 28.7 Å². The van der Waals surface area contributed by atoms with E-state index in [-0.39, 0.29) is 12.1 Å². The molecule has 0 aromatic carbocycles. The van der Waals surface area contributed by atoms with E-state index in [1.54, 1.807) is 0 Å². The lowest BCUT2D eigenvalue weighted by atomic mass is 10.1. The summed E-state index contributed by atoms with van der Waals surface area (Å²) in [7, 11) is -10.2. The first-order chi connectivity index (χ1) is 8.11. The van der Waals surface area contributed by atoms with Gasteiger partial charge in [-0.3, -0.25) is 9.13 Å². The third kappa shape index (κ3) is 1.77. The Morgan fingerprint density at radius 1 is 1.22 bits per heavy atom. The molecule has 0 radical (unpaired) electrons. The van der Waals surface area contributed by atoms with E-state index in [4.69, 9.17) is 0 Å². The van der Waals surface area contributed by atoms with E-state index in [0.29, 0.717) is 10.5 Å². The summed E-state index contributed by atoms with van der Waals surface area (Å²) >= 11 is 4.09. The van der Waals surface area contributed by atoms with Gasteiger partial charge in [0.25, 0.3) is 0 Å². The fourth-order valence-corrected chi connectivity index (χ4v) is 5.41. The maximum absolute atomic E-state index is 11.6. The van der Waals surface area contributed by atoms with Crippen molar-refractivity contribution in [3.63, 3.8) is 0 Å². The van der Waals surface area contributed by atoms with Crippen LogP contribution in [0.4, 0.5) is 0 Å². The Kier molecular flexibility index (Phi) is 3.19. The number of thiol groups is 1. The van der Waals surface area contributed by atoms with Crippen molar-refractivity contribution in [3.8, 4) is 0 Å². The van der Waals surface area contributed by atoms with Crippen LogP contribution in [0.3, 0.4) is 0 Å². The highest BCUT2D eigenvalue weighted by atomic mass is 32.1. The Bertz CT molecular complexity index is 560. The first-order valence-corrected chi connectivity index (χ1v) is 8.45. The smallest absolute Gasteiger partial charge is 0.351 e. The van der Waals surface area contributed by atoms with E-state index >= 15 is 0 Å². The summed E-state index contributed by atoms with van der Waals surface area (Å²) in [6.45, 7) is -0.0530. The minimum atomic E-state index is -5.09. The minimum Gasteiger partial charge on any atom is -0.386 e. The predicted molar refractivity (Wildman–Crippen MR) is 68.1 cm³/mol. The van der Waals surface area contributed by atoms with Gasteiger partial charge in [0.1, 0.15) is 0 Å². The molecule has 0 saturated heterocycles. The molecule has 2 aliphatic rings. The number of hydrogen-bond acceptors (Lipinski definition) is 4. The van der Waals surface area contributed by atoms with Crippen molar-refractivity contribution in [2.24, 2.45) is 0 Å². The molecule has 10 heteroatoms. The summed E-state index contributed by atoms with van der Waals surface area (Å²) in [5, 5.41) is 2.68. The summed E-state index contributed by atoms with van der Waals surface area (Å²) in [6.07, 6.45) is 3.67. The van der Waals surface area contributed by atoms with Crippen LogP contribution >= 0.6 is 27.8 Å². The van der Waals surface area contributed by atoms with Crippen LogP contribution < -0.4 is 5.32 Å². The number of nitrogens with one attached hydrogen (secondary N) is 1. The molecule has 1 aliphatic heterocycles. The molecule has 5 N–H and O–H groups in total. The molecule has 100 valence electrons. The third-order valence-electron chi connectivity index (χ3n) is 2.93. The average molecular weight is 311 g/mol. The van der Waals surface area contributed by atoms with Crippen molar-refractivity contribution in [2.75, 3.05) is 6.54 Å². The van der Waals surface area contributed by atoms with Gasteiger partial charge < -0.3 is 24.9 Å². The molecule has 1 aliphatic carbocycles. The first-order valence-electron chi connectivity index (χ1n) is 4.78. The van der Waals surface area contributed by atoms with Gasteiger partial charge in [-0.2, -0.15) is 0 Å². The Balaban J connectivity index is 2.75. The summed E-state index contributed by atoms with van der Waals surface area (Å²) in [6, 6.07) is 0. The van der Waals surface area contributed by atoms with Crippen LogP contribution in [0.25, 0.3) is 0 Å². The lowest BCUT2D eigenvalue weighted by molar-refractivity contribution is 0.330. The van der Waals surface area contributed by atoms with E-state index in [0.717, 1.165) is 6.08 Å². The standard InChI is InChI=1S/C8H11NO6P2S/c10-16(11,12)8(17(13,14)15)2-1-5-6(8)3-9-4-7(5)18/h1-2,4,9,18H,3H2,(H2,10,11,12)(H2,13,14,15). The Morgan fingerprint density at radius 2 is 1.78 bits per heavy atom. The SMILES string of the molecule is O=P(O)(O)C1(P(=O)(O)O)C=CC2=C1CNC=C2S. The van der Waals surface area contributed by atoms with E-state index in [1.165, 1.54) is 12.3 Å². The van der Waals surface area contributed by atoms with Crippen molar-refractivity contribution < 1.29 is 28.7 Å². The highest BCUT2D eigenvalue weighted by molar-refractivity contribution is 7.84. The fraction of sp³-hybridized carbons (Fsp3) is 0.250. The van der Waals surface area contributed by atoms with Gasteiger partial charge in [0, 0.05) is 17.6 Å². The highest BCUT2D eigenvalue weighted by Gasteiger charge is 2.63. The highest BCUT2D eigenvalue weighted by Crippen LogP contribution is 2.74. The zero-order valence-corrected chi connectivity index (χ0v) is 11.6. The minimum absolute atomic E-state index is 0.0309. The first kappa shape index (κ1) is 14.1. The second-order valence-corrected chi connectivity index (χ2v) is 8.37. The maximum atomic E-state index is 11.6. The number of hydrogen-bond donors (Lipinski definition) is 6.